The lowest BCUT2D eigenvalue weighted by Crippen LogP contribution is -2.47. The van der Waals surface area contributed by atoms with Gasteiger partial charge in [0, 0.05) is 6.54 Å². The molecule has 0 unspecified atom stereocenters. The third kappa shape index (κ3) is 4.34. The van der Waals surface area contributed by atoms with Crippen LogP contribution in [0.15, 0.2) is 0 Å². The van der Waals surface area contributed by atoms with Crippen molar-refractivity contribution in [1.82, 2.24) is 10.2 Å². The fraction of sp³-hybridized carbons (Fsp3) is 0.818. The zero-order chi connectivity index (χ0) is 13.5. The number of nitrogens with two attached hydrogens (primary N) is 3. The Labute approximate surface area is 107 Å². The van der Waals surface area contributed by atoms with Crippen LogP contribution in [-0.4, -0.2) is 48.6 Å². The third-order valence-corrected chi connectivity index (χ3v) is 3.13. The summed E-state index contributed by atoms with van der Waals surface area (Å²) in [4.78, 5) is 24.4. The van der Waals surface area contributed by atoms with Crippen LogP contribution in [-0.2, 0) is 9.59 Å². The highest BCUT2D eigenvalue weighted by atomic mass is 16.2. The predicted octanol–water partition coefficient (Wildman–Crippen LogP) is -1.93. The third-order valence-electron chi connectivity index (χ3n) is 3.13. The first-order chi connectivity index (χ1) is 8.56. The van der Waals surface area contributed by atoms with Gasteiger partial charge in [0.05, 0.1) is 12.1 Å². The number of carbonyl (C=O) groups excluding carboxylic acids is 2. The van der Waals surface area contributed by atoms with Gasteiger partial charge in [-0.2, -0.15) is 0 Å². The molecule has 1 aliphatic rings. The molecule has 0 aromatic heterocycles. The van der Waals surface area contributed by atoms with Gasteiger partial charge in [0.1, 0.15) is 12.6 Å². The standard InChI is InChI=1S/C11H23N5O2/c12-9(4-1-5-15-11(13)14)10(18)16-6-2-3-8(16)7-17/h7-9,11,15H,1-6,12-14H2/t8-,9-/m0/s1. The molecule has 7 nitrogen and oxygen atoms in total. The van der Waals surface area contributed by atoms with E-state index in [9.17, 15) is 9.59 Å². The molecule has 0 aromatic rings. The first kappa shape index (κ1) is 15.0. The average molecular weight is 257 g/mol. The topological polar surface area (TPSA) is 127 Å². The second-order valence-corrected chi connectivity index (χ2v) is 4.61. The Morgan fingerprint density at radius 1 is 1.44 bits per heavy atom. The molecule has 0 bridgehead atoms. The highest BCUT2D eigenvalue weighted by Gasteiger charge is 2.30. The average Bonchev–Trinajstić information content (AvgIpc) is 2.81. The van der Waals surface area contributed by atoms with Crippen molar-refractivity contribution in [2.75, 3.05) is 13.1 Å². The van der Waals surface area contributed by atoms with Crippen molar-refractivity contribution in [2.45, 2.75) is 44.1 Å². The maximum atomic E-state index is 12.0. The van der Waals surface area contributed by atoms with Crippen molar-refractivity contribution in [2.24, 2.45) is 17.2 Å². The molecule has 18 heavy (non-hydrogen) atoms. The molecule has 1 heterocycles. The lowest BCUT2D eigenvalue weighted by atomic mass is 10.1. The normalized spacial score (nSPS) is 21.3. The number of nitrogens with zero attached hydrogens (tertiary/aromatic N) is 1. The van der Waals surface area contributed by atoms with Crippen LogP contribution in [0.4, 0.5) is 0 Å². The molecule has 1 aliphatic heterocycles. The monoisotopic (exact) mass is 257 g/mol. The van der Waals surface area contributed by atoms with Gasteiger partial charge in [-0.1, -0.05) is 0 Å². The Bertz CT molecular complexity index is 285. The molecule has 7 heteroatoms. The smallest absolute Gasteiger partial charge is 0.240 e. The summed E-state index contributed by atoms with van der Waals surface area (Å²) in [6.45, 7) is 1.25. The summed E-state index contributed by atoms with van der Waals surface area (Å²) in [7, 11) is 0. The molecular weight excluding hydrogens is 234 g/mol. The number of likely N-dealkylation sites (tertiary alicyclic amines) is 1. The van der Waals surface area contributed by atoms with Gasteiger partial charge in [0.2, 0.25) is 5.91 Å². The maximum Gasteiger partial charge on any atom is 0.240 e. The molecule has 0 radical (unpaired) electrons. The second-order valence-electron chi connectivity index (χ2n) is 4.61. The highest BCUT2D eigenvalue weighted by molar-refractivity contribution is 5.84. The second kappa shape index (κ2) is 7.42. The van der Waals surface area contributed by atoms with E-state index in [0.717, 1.165) is 25.5 Å². The van der Waals surface area contributed by atoms with Crippen LogP contribution in [0.2, 0.25) is 0 Å². The molecule has 0 aromatic carbocycles. The SMILES string of the molecule is NC(N)NCCC[C@H](N)C(=O)N1CCC[C@H]1C=O. The largest absolute Gasteiger partial charge is 0.332 e. The molecule has 2 atom stereocenters. The molecule has 1 amide bonds. The molecule has 7 N–H and O–H groups in total. The van der Waals surface area contributed by atoms with E-state index in [2.05, 4.69) is 5.32 Å². The Morgan fingerprint density at radius 3 is 2.78 bits per heavy atom. The zero-order valence-electron chi connectivity index (χ0n) is 10.5. The van der Waals surface area contributed by atoms with E-state index in [1.54, 1.807) is 4.90 Å². The molecule has 0 aliphatic carbocycles. The van der Waals surface area contributed by atoms with Gasteiger partial charge in [-0.3, -0.25) is 10.1 Å². The number of carbonyl (C=O) groups is 2. The summed E-state index contributed by atoms with van der Waals surface area (Å²) >= 11 is 0. The lowest BCUT2D eigenvalue weighted by Gasteiger charge is -2.24. The van der Waals surface area contributed by atoms with Crippen LogP contribution < -0.4 is 22.5 Å². The Hall–Kier alpha value is -1.02. The van der Waals surface area contributed by atoms with Crippen molar-refractivity contribution in [3.8, 4) is 0 Å². The van der Waals surface area contributed by atoms with Crippen molar-refractivity contribution in [1.29, 1.82) is 0 Å². The van der Waals surface area contributed by atoms with Crippen molar-refractivity contribution in [3.63, 3.8) is 0 Å². The van der Waals surface area contributed by atoms with Gasteiger partial charge in [0.15, 0.2) is 0 Å². The quantitative estimate of drug-likeness (QED) is 0.239. The van der Waals surface area contributed by atoms with E-state index >= 15 is 0 Å². The molecule has 1 rings (SSSR count). The minimum Gasteiger partial charge on any atom is -0.332 e. The number of rotatable bonds is 7. The maximum absolute atomic E-state index is 12.0. The zero-order valence-corrected chi connectivity index (χ0v) is 10.5. The van der Waals surface area contributed by atoms with Crippen LogP contribution in [0.1, 0.15) is 25.7 Å². The van der Waals surface area contributed by atoms with Crippen molar-refractivity contribution >= 4 is 12.2 Å². The molecular formula is C11H23N5O2. The van der Waals surface area contributed by atoms with Crippen LogP contribution in [0.5, 0.6) is 0 Å². The molecule has 1 fully saturated rings. The van der Waals surface area contributed by atoms with Crippen molar-refractivity contribution in [3.05, 3.63) is 0 Å². The number of hydrogen-bond acceptors (Lipinski definition) is 6. The van der Waals surface area contributed by atoms with Gasteiger partial charge >= 0.3 is 0 Å². The fourth-order valence-corrected chi connectivity index (χ4v) is 2.13. The van der Waals surface area contributed by atoms with E-state index in [1.165, 1.54) is 0 Å². The number of aldehydes is 1. The summed E-state index contributed by atoms with van der Waals surface area (Å²) in [5.41, 5.74) is 16.5. The summed E-state index contributed by atoms with van der Waals surface area (Å²) < 4.78 is 0. The van der Waals surface area contributed by atoms with Gasteiger partial charge in [-0.05, 0) is 32.2 Å². The minimum atomic E-state index is -0.554. The van der Waals surface area contributed by atoms with Crippen LogP contribution in [0.3, 0.4) is 0 Å². The van der Waals surface area contributed by atoms with E-state index in [-0.39, 0.29) is 11.9 Å². The molecule has 104 valence electrons. The van der Waals surface area contributed by atoms with E-state index in [1.807, 2.05) is 0 Å². The summed E-state index contributed by atoms with van der Waals surface area (Å²) in [5.74, 6) is -0.137. The van der Waals surface area contributed by atoms with Crippen LogP contribution in [0, 0.1) is 0 Å². The van der Waals surface area contributed by atoms with Gasteiger partial charge in [-0.15, -0.1) is 0 Å². The first-order valence-corrected chi connectivity index (χ1v) is 6.32. The summed E-state index contributed by atoms with van der Waals surface area (Å²) in [6.07, 6.45) is 3.16. The molecule has 0 saturated carbocycles. The fourth-order valence-electron chi connectivity index (χ4n) is 2.13. The van der Waals surface area contributed by atoms with E-state index in [4.69, 9.17) is 17.2 Å². The predicted molar refractivity (Wildman–Crippen MR) is 68.2 cm³/mol. The van der Waals surface area contributed by atoms with Crippen LogP contribution in [0.25, 0.3) is 0 Å². The lowest BCUT2D eigenvalue weighted by molar-refractivity contribution is -0.135. The summed E-state index contributed by atoms with van der Waals surface area (Å²) in [6, 6.07) is -0.847. The Morgan fingerprint density at radius 2 is 2.17 bits per heavy atom. The highest BCUT2D eigenvalue weighted by Crippen LogP contribution is 2.16. The Balaban J connectivity index is 2.30. The van der Waals surface area contributed by atoms with Crippen molar-refractivity contribution < 1.29 is 9.59 Å². The van der Waals surface area contributed by atoms with E-state index in [0.29, 0.717) is 19.5 Å². The first-order valence-electron chi connectivity index (χ1n) is 6.32. The van der Waals surface area contributed by atoms with E-state index < -0.39 is 12.3 Å². The van der Waals surface area contributed by atoms with Gasteiger partial charge < -0.3 is 26.9 Å². The van der Waals surface area contributed by atoms with Gasteiger partial charge in [0.25, 0.3) is 0 Å². The number of hydrogen-bond donors (Lipinski definition) is 4. The van der Waals surface area contributed by atoms with Gasteiger partial charge in [-0.25, -0.2) is 0 Å². The molecule has 0 spiro atoms. The molecule has 1 saturated heterocycles. The number of amides is 1. The minimum absolute atomic E-state index is 0.137. The number of nitrogens with one attached hydrogen (secondary N) is 1. The summed E-state index contributed by atoms with van der Waals surface area (Å²) in [5, 5.41) is 2.85. The van der Waals surface area contributed by atoms with Crippen LogP contribution >= 0.6 is 0 Å². The Kier molecular flexibility index (Phi) is 6.20.